The summed E-state index contributed by atoms with van der Waals surface area (Å²) in [6.45, 7) is 0. The van der Waals surface area contributed by atoms with Gasteiger partial charge in [0.2, 0.25) is 5.95 Å². The molecule has 0 aliphatic heterocycles. The van der Waals surface area contributed by atoms with Gasteiger partial charge in [0.15, 0.2) is 5.82 Å². The smallest absolute Gasteiger partial charge is 0.241 e. The van der Waals surface area contributed by atoms with Gasteiger partial charge in [0, 0.05) is 0 Å². The van der Waals surface area contributed by atoms with Gasteiger partial charge >= 0.3 is 0 Å². The van der Waals surface area contributed by atoms with Crippen molar-refractivity contribution in [1.29, 1.82) is 0 Å². The number of thiophene rings is 1. The van der Waals surface area contributed by atoms with Gasteiger partial charge in [-0.25, -0.2) is 4.68 Å². The van der Waals surface area contributed by atoms with Gasteiger partial charge in [0.25, 0.3) is 0 Å². The van der Waals surface area contributed by atoms with Crippen molar-refractivity contribution >= 4 is 33.2 Å². The number of rotatable bonds is 1. The Morgan fingerprint density at radius 1 is 1.38 bits per heavy atom. The van der Waals surface area contributed by atoms with E-state index in [0.29, 0.717) is 5.82 Å². The van der Waals surface area contributed by atoms with Gasteiger partial charge in [-0.3, -0.25) is 0 Å². The highest BCUT2D eigenvalue weighted by Crippen LogP contribution is 2.29. The zero-order chi connectivity index (χ0) is 9.42. The number of nitrogens with two attached hydrogens (primary N) is 2. The van der Waals surface area contributed by atoms with Crippen molar-refractivity contribution in [2.24, 2.45) is 0 Å². The number of aromatic nitrogens is 3. The Bertz CT molecular complexity index is 434. The minimum atomic E-state index is 0.208. The second kappa shape index (κ2) is 3.00. The van der Waals surface area contributed by atoms with Gasteiger partial charge in [-0.1, -0.05) is 0 Å². The summed E-state index contributed by atoms with van der Waals surface area (Å²) >= 11 is 4.88. The molecule has 2 aromatic heterocycles. The molecule has 4 N–H and O–H groups in total. The van der Waals surface area contributed by atoms with Crippen LogP contribution in [0.25, 0.3) is 10.7 Å². The third-order valence-electron chi connectivity index (χ3n) is 1.52. The van der Waals surface area contributed by atoms with E-state index in [9.17, 15) is 0 Å². The van der Waals surface area contributed by atoms with Crippen LogP contribution in [-0.2, 0) is 0 Å². The van der Waals surface area contributed by atoms with Crippen molar-refractivity contribution < 1.29 is 0 Å². The summed E-state index contributed by atoms with van der Waals surface area (Å²) in [5.41, 5.74) is 5.44. The Balaban J connectivity index is 2.52. The van der Waals surface area contributed by atoms with Crippen LogP contribution in [-0.4, -0.2) is 14.9 Å². The topological polar surface area (TPSA) is 82.8 Å². The molecule has 0 aliphatic rings. The standard InChI is InChI=1S/C6H6BrN5S/c7-4-2-1-3(13-4)5-10-11-6(8)12(5)9/h1-2H,9H2,(H2,8,11). The van der Waals surface area contributed by atoms with E-state index in [-0.39, 0.29) is 5.95 Å². The van der Waals surface area contributed by atoms with Crippen molar-refractivity contribution in [2.45, 2.75) is 0 Å². The van der Waals surface area contributed by atoms with Crippen molar-refractivity contribution in [3.63, 3.8) is 0 Å². The number of nitrogen functional groups attached to an aromatic ring is 2. The molecular formula is C6H6BrN5S. The molecule has 0 fully saturated rings. The highest BCUT2D eigenvalue weighted by Gasteiger charge is 2.10. The van der Waals surface area contributed by atoms with Crippen LogP contribution in [0.15, 0.2) is 15.9 Å². The molecule has 2 rings (SSSR count). The SMILES string of the molecule is Nc1nnc(-c2ccc(Br)s2)n1N. The summed E-state index contributed by atoms with van der Waals surface area (Å²) in [6, 6.07) is 3.83. The highest BCUT2D eigenvalue weighted by atomic mass is 79.9. The molecule has 0 radical (unpaired) electrons. The molecule has 0 saturated heterocycles. The molecule has 13 heavy (non-hydrogen) atoms. The molecule has 0 saturated carbocycles. The van der Waals surface area contributed by atoms with E-state index >= 15 is 0 Å². The van der Waals surface area contributed by atoms with Gasteiger partial charge in [-0.15, -0.1) is 21.5 Å². The van der Waals surface area contributed by atoms with E-state index < -0.39 is 0 Å². The van der Waals surface area contributed by atoms with Crippen LogP contribution in [0, 0.1) is 0 Å². The zero-order valence-electron chi connectivity index (χ0n) is 6.44. The van der Waals surface area contributed by atoms with Gasteiger partial charge < -0.3 is 11.6 Å². The first-order valence-electron chi connectivity index (χ1n) is 3.40. The summed E-state index contributed by atoms with van der Waals surface area (Å²) < 4.78 is 2.28. The van der Waals surface area contributed by atoms with Crippen molar-refractivity contribution in [2.75, 3.05) is 11.6 Å². The summed E-state index contributed by atoms with van der Waals surface area (Å²) in [5, 5.41) is 7.51. The summed E-state index contributed by atoms with van der Waals surface area (Å²) in [6.07, 6.45) is 0. The first kappa shape index (κ1) is 8.52. The van der Waals surface area contributed by atoms with Crippen LogP contribution in [0.2, 0.25) is 0 Å². The van der Waals surface area contributed by atoms with E-state index in [1.807, 2.05) is 12.1 Å². The molecule has 0 spiro atoms. The van der Waals surface area contributed by atoms with Gasteiger partial charge in [-0.2, -0.15) is 0 Å². The minimum absolute atomic E-state index is 0.208. The molecule has 0 amide bonds. The molecule has 2 aromatic rings. The molecule has 7 heteroatoms. The second-order valence-corrected chi connectivity index (χ2v) is 4.82. The van der Waals surface area contributed by atoms with Gasteiger partial charge in [0.1, 0.15) is 0 Å². The van der Waals surface area contributed by atoms with E-state index in [0.717, 1.165) is 8.66 Å². The molecule has 68 valence electrons. The molecular weight excluding hydrogens is 254 g/mol. The predicted octanol–water partition coefficient (Wildman–Crippen LogP) is 1.07. The van der Waals surface area contributed by atoms with Crippen molar-refractivity contribution in [1.82, 2.24) is 14.9 Å². The monoisotopic (exact) mass is 259 g/mol. The third kappa shape index (κ3) is 1.40. The molecule has 0 unspecified atom stereocenters. The maximum absolute atomic E-state index is 5.60. The molecule has 0 aromatic carbocycles. The second-order valence-electron chi connectivity index (χ2n) is 2.36. The molecule has 0 atom stereocenters. The average molecular weight is 260 g/mol. The summed E-state index contributed by atoms with van der Waals surface area (Å²) in [4.78, 5) is 0.929. The lowest BCUT2D eigenvalue weighted by atomic mass is 10.4. The average Bonchev–Trinajstić information content (AvgIpc) is 2.62. The third-order valence-corrected chi connectivity index (χ3v) is 3.14. The Hall–Kier alpha value is -1.08. The maximum atomic E-state index is 5.60. The fourth-order valence-corrected chi connectivity index (χ4v) is 2.27. The van der Waals surface area contributed by atoms with Crippen LogP contribution in [0.3, 0.4) is 0 Å². The zero-order valence-corrected chi connectivity index (χ0v) is 8.84. The molecule has 5 nitrogen and oxygen atoms in total. The quantitative estimate of drug-likeness (QED) is 0.751. The van der Waals surface area contributed by atoms with Crippen molar-refractivity contribution in [3.8, 4) is 10.7 Å². The van der Waals surface area contributed by atoms with Gasteiger partial charge in [-0.05, 0) is 28.1 Å². The largest absolute Gasteiger partial charge is 0.366 e. The summed E-state index contributed by atoms with van der Waals surface area (Å²) in [5.74, 6) is 6.39. The van der Waals surface area contributed by atoms with Gasteiger partial charge in [0.05, 0.1) is 8.66 Å². The lowest BCUT2D eigenvalue weighted by molar-refractivity contribution is 1.03. The normalized spacial score (nSPS) is 10.5. The van der Waals surface area contributed by atoms with Crippen LogP contribution in [0.5, 0.6) is 0 Å². The Labute approximate surface area is 86.5 Å². The predicted molar refractivity (Wildman–Crippen MR) is 55.6 cm³/mol. The first-order chi connectivity index (χ1) is 6.18. The Morgan fingerprint density at radius 2 is 2.15 bits per heavy atom. The fourth-order valence-electron chi connectivity index (χ4n) is 0.906. The Kier molecular flexibility index (Phi) is 1.97. The molecule has 0 aliphatic carbocycles. The minimum Gasteiger partial charge on any atom is -0.366 e. The van der Waals surface area contributed by atoms with E-state index in [1.54, 1.807) is 0 Å². The molecule has 0 bridgehead atoms. The van der Waals surface area contributed by atoms with E-state index in [1.165, 1.54) is 16.0 Å². The number of halogens is 1. The maximum Gasteiger partial charge on any atom is 0.241 e. The number of hydrogen-bond donors (Lipinski definition) is 2. The first-order valence-corrected chi connectivity index (χ1v) is 5.01. The van der Waals surface area contributed by atoms with Crippen LogP contribution >= 0.6 is 27.3 Å². The van der Waals surface area contributed by atoms with Crippen molar-refractivity contribution in [3.05, 3.63) is 15.9 Å². The Morgan fingerprint density at radius 3 is 2.62 bits per heavy atom. The fraction of sp³-hybridized carbons (Fsp3) is 0. The number of hydrogen-bond acceptors (Lipinski definition) is 5. The lowest BCUT2D eigenvalue weighted by Crippen LogP contribution is -2.12. The molecule has 2 heterocycles. The van der Waals surface area contributed by atoms with E-state index in [2.05, 4.69) is 26.1 Å². The van der Waals surface area contributed by atoms with E-state index in [4.69, 9.17) is 11.6 Å². The summed E-state index contributed by atoms with van der Waals surface area (Å²) in [7, 11) is 0. The lowest BCUT2D eigenvalue weighted by Gasteiger charge is -1.96. The number of nitrogens with zero attached hydrogens (tertiary/aromatic N) is 3. The van der Waals surface area contributed by atoms with Crippen LogP contribution in [0.1, 0.15) is 0 Å². The number of anilines is 1. The highest BCUT2D eigenvalue weighted by molar-refractivity contribution is 9.11. The van der Waals surface area contributed by atoms with Crippen LogP contribution < -0.4 is 11.6 Å². The van der Waals surface area contributed by atoms with Crippen LogP contribution in [0.4, 0.5) is 5.95 Å².